The second-order valence-corrected chi connectivity index (χ2v) is 6.90. The van der Waals surface area contributed by atoms with Gasteiger partial charge in [0.05, 0.1) is 18.3 Å². The first-order chi connectivity index (χ1) is 9.13. The van der Waals surface area contributed by atoms with Crippen molar-refractivity contribution in [1.82, 2.24) is 4.90 Å². The topological polar surface area (TPSA) is 47.7 Å². The molecule has 0 amide bonds. The zero-order valence-corrected chi connectivity index (χ0v) is 12.3. The number of nitrogens with two attached hydrogens (primary N) is 1. The van der Waals surface area contributed by atoms with Gasteiger partial charge in [0.25, 0.3) is 0 Å². The van der Waals surface area contributed by atoms with E-state index in [1.807, 2.05) is 0 Å². The van der Waals surface area contributed by atoms with Crippen molar-refractivity contribution in [1.29, 1.82) is 0 Å². The van der Waals surface area contributed by atoms with Crippen LogP contribution in [0, 0.1) is 5.92 Å². The number of ether oxygens (including phenoxy) is 2. The van der Waals surface area contributed by atoms with Gasteiger partial charge in [-0.1, -0.05) is 13.8 Å². The van der Waals surface area contributed by atoms with Crippen molar-refractivity contribution in [2.75, 3.05) is 26.2 Å². The molecule has 3 rings (SSSR count). The van der Waals surface area contributed by atoms with Crippen LogP contribution in [-0.2, 0) is 9.47 Å². The van der Waals surface area contributed by atoms with E-state index >= 15 is 0 Å². The Hall–Kier alpha value is -0.160. The van der Waals surface area contributed by atoms with Crippen LogP contribution >= 0.6 is 0 Å². The molecule has 0 aromatic heterocycles. The van der Waals surface area contributed by atoms with E-state index in [9.17, 15) is 0 Å². The SMILES string of the molecule is CC(C)C1CC(CN)(N2CC3CCC(C2)O3)CCO1. The van der Waals surface area contributed by atoms with Crippen molar-refractivity contribution in [3.05, 3.63) is 0 Å². The Bertz CT molecular complexity index is 311. The molecule has 3 aliphatic heterocycles. The summed E-state index contributed by atoms with van der Waals surface area (Å²) >= 11 is 0. The van der Waals surface area contributed by atoms with Gasteiger partial charge in [0.2, 0.25) is 0 Å². The van der Waals surface area contributed by atoms with Gasteiger partial charge >= 0.3 is 0 Å². The second-order valence-electron chi connectivity index (χ2n) is 6.90. The first-order valence-corrected chi connectivity index (χ1v) is 7.85. The zero-order chi connectivity index (χ0) is 13.5. The number of rotatable bonds is 3. The standard InChI is InChI=1S/C15H28N2O2/c1-11(2)14-7-15(10-16,5-6-18-14)17-8-12-3-4-13(9-17)19-12/h11-14H,3-10,16H2,1-2H3. The Balaban J connectivity index is 1.74. The van der Waals surface area contributed by atoms with Gasteiger partial charge in [0.15, 0.2) is 0 Å². The van der Waals surface area contributed by atoms with E-state index in [1.165, 1.54) is 12.8 Å². The van der Waals surface area contributed by atoms with Crippen molar-refractivity contribution in [2.45, 2.75) is 63.4 Å². The molecule has 110 valence electrons. The van der Waals surface area contributed by atoms with Crippen LogP contribution in [0.25, 0.3) is 0 Å². The molecule has 4 atom stereocenters. The third-order valence-electron chi connectivity index (χ3n) is 5.32. The van der Waals surface area contributed by atoms with E-state index in [4.69, 9.17) is 15.2 Å². The van der Waals surface area contributed by atoms with Gasteiger partial charge in [-0.2, -0.15) is 0 Å². The van der Waals surface area contributed by atoms with Crippen molar-refractivity contribution in [2.24, 2.45) is 11.7 Å². The van der Waals surface area contributed by atoms with E-state index in [0.29, 0.717) is 24.2 Å². The molecule has 2 N–H and O–H groups in total. The van der Waals surface area contributed by atoms with E-state index in [-0.39, 0.29) is 5.54 Å². The molecule has 4 unspecified atom stereocenters. The van der Waals surface area contributed by atoms with Crippen LogP contribution in [0.3, 0.4) is 0 Å². The molecule has 2 bridgehead atoms. The van der Waals surface area contributed by atoms with Crippen LogP contribution in [0.1, 0.15) is 39.5 Å². The number of fused-ring (bicyclic) bond motifs is 2. The quantitative estimate of drug-likeness (QED) is 0.840. The number of likely N-dealkylation sites (tertiary alicyclic amines) is 1. The average molecular weight is 268 g/mol. The molecule has 19 heavy (non-hydrogen) atoms. The molecule has 0 spiro atoms. The summed E-state index contributed by atoms with van der Waals surface area (Å²) in [6.07, 6.45) is 5.87. The number of hydrogen-bond donors (Lipinski definition) is 1. The molecule has 0 aromatic rings. The first-order valence-electron chi connectivity index (χ1n) is 7.85. The molecule has 4 heteroatoms. The molecule has 3 aliphatic rings. The predicted molar refractivity (Wildman–Crippen MR) is 75.1 cm³/mol. The predicted octanol–water partition coefficient (Wildman–Crippen LogP) is 1.38. The highest BCUT2D eigenvalue weighted by atomic mass is 16.5. The number of nitrogens with zero attached hydrogens (tertiary/aromatic N) is 1. The molecule has 3 heterocycles. The maximum Gasteiger partial charge on any atom is 0.0707 e. The van der Waals surface area contributed by atoms with Crippen LogP contribution < -0.4 is 5.73 Å². The zero-order valence-electron chi connectivity index (χ0n) is 12.3. The van der Waals surface area contributed by atoms with Crippen LogP contribution in [-0.4, -0.2) is 55.0 Å². The average Bonchev–Trinajstić information content (AvgIpc) is 2.77. The third-order valence-corrected chi connectivity index (χ3v) is 5.32. The van der Waals surface area contributed by atoms with E-state index in [1.54, 1.807) is 0 Å². The summed E-state index contributed by atoms with van der Waals surface area (Å²) in [5, 5.41) is 0. The minimum Gasteiger partial charge on any atom is -0.378 e. The van der Waals surface area contributed by atoms with Crippen molar-refractivity contribution in [3.8, 4) is 0 Å². The normalized spacial score (nSPS) is 43.9. The van der Waals surface area contributed by atoms with E-state index < -0.39 is 0 Å². The summed E-state index contributed by atoms with van der Waals surface area (Å²) in [6.45, 7) is 8.24. The molecule has 4 nitrogen and oxygen atoms in total. The number of hydrogen-bond acceptors (Lipinski definition) is 4. The first kappa shape index (κ1) is 13.8. The fraction of sp³-hybridized carbons (Fsp3) is 1.00. The van der Waals surface area contributed by atoms with Gasteiger partial charge in [-0.05, 0) is 31.6 Å². The highest BCUT2D eigenvalue weighted by Gasteiger charge is 2.46. The summed E-state index contributed by atoms with van der Waals surface area (Å²) in [5.74, 6) is 0.573. The van der Waals surface area contributed by atoms with Crippen LogP contribution in [0.2, 0.25) is 0 Å². The highest BCUT2D eigenvalue weighted by Crippen LogP contribution is 2.37. The van der Waals surface area contributed by atoms with Crippen LogP contribution in [0.4, 0.5) is 0 Å². The van der Waals surface area contributed by atoms with Gasteiger partial charge in [0, 0.05) is 31.8 Å². The van der Waals surface area contributed by atoms with Crippen molar-refractivity contribution >= 4 is 0 Å². The largest absolute Gasteiger partial charge is 0.378 e. The summed E-state index contributed by atoms with van der Waals surface area (Å²) < 4.78 is 11.9. The minimum absolute atomic E-state index is 0.151. The summed E-state index contributed by atoms with van der Waals surface area (Å²) in [6, 6.07) is 0. The van der Waals surface area contributed by atoms with Crippen LogP contribution in [0.15, 0.2) is 0 Å². The fourth-order valence-electron chi connectivity index (χ4n) is 3.97. The highest BCUT2D eigenvalue weighted by molar-refractivity contribution is 5.01. The van der Waals surface area contributed by atoms with Crippen LogP contribution in [0.5, 0.6) is 0 Å². The maximum absolute atomic E-state index is 6.20. The summed E-state index contributed by atoms with van der Waals surface area (Å²) in [7, 11) is 0. The lowest BCUT2D eigenvalue weighted by Gasteiger charge is -2.51. The summed E-state index contributed by atoms with van der Waals surface area (Å²) in [4.78, 5) is 2.64. The Morgan fingerprint density at radius 1 is 1.26 bits per heavy atom. The monoisotopic (exact) mass is 268 g/mol. The molecule has 0 aliphatic carbocycles. The maximum atomic E-state index is 6.20. The molecule has 3 saturated heterocycles. The number of morpholine rings is 1. The van der Waals surface area contributed by atoms with Gasteiger partial charge < -0.3 is 15.2 Å². The van der Waals surface area contributed by atoms with Gasteiger partial charge in [-0.25, -0.2) is 0 Å². The fourth-order valence-corrected chi connectivity index (χ4v) is 3.97. The lowest BCUT2D eigenvalue weighted by atomic mass is 9.81. The summed E-state index contributed by atoms with van der Waals surface area (Å²) in [5.41, 5.74) is 6.36. The molecular weight excluding hydrogens is 240 g/mol. The Labute approximate surface area is 116 Å². The van der Waals surface area contributed by atoms with Crippen molar-refractivity contribution < 1.29 is 9.47 Å². The Morgan fingerprint density at radius 3 is 2.53 bits per heavy atom. The minimum atomic E-state index is 0.151. The van der Waals surface area contributed by atoms with E-state index in [2.05, 4.69) is 18.7 Å². The molecular formula is C15H28N2O2. The smallest absolute Gasteiger partial charge is 0.0707 e. The third kappa shape index (κ3) is 2.56. The van der Waals surface area contributed by atoms with Crippen molar-refractivity contribution in [3.63, 3.8) is 0 Å². The lowest BCUT2D eigenvalue weighted by molar-refractivity contribution is -0.128. The van der Waals surface area contributed by atoms with E-state index in [0.717, 1.165) is 39.1 Å². The van der Waals surface area contributed by atoms with Gasteiger partial charge in [0.1, 0.15) is 0 Å². The van der Waals surface area contributed by atoms with Gasteiger partial charge in [-0.3, -0.25) is 4.90 Å². The molecule has 0 aromatic carbocycles. The lowest BCUT2D eigenvalue weighted by Crippen LogP contribution is -2.63. The second kappa shape index (κ2) is 5.32. The Kier molecular flexibility index (Phi) is 3.87. The molecule has 0 saturated carbocycles. The Morgan fingerprint density at radius 2 is 1.95 bits per heavy atom. The molecule has 3 fully saturated rings. The molecule has 0 radical (unpaired) electrons. The van der Waals surface area contributed by atoms with Gasteiger partial charge in [-0.15, -0.1) is 0 Å².